The minimum absolute atomic E-state index is 0.602. The molecule has 0 saturated carbocycles. The molecule has 1 heterocycles. The van der Waals surface area contributed by atoms with E-state index in [1.165, 1.54) is 16.9 Å². The number of nitrogens with zero attached hydrogens (tertiary/aromatic N) is 1. The van der Waals surface area contributed by atoms with Crippen molar-refractivity contribution in [2.45, 2.75) is 27.2 Å². The van der Waals surface area contributed by atoms with Gasteiger partial charge in [0.15, 0.2) is 5.13 Å². The Morgan fingerprint density at radius 2 is 2.12 bits per heavy atom. The predicted molar refractivity (Wildman–Crippen MR) is 69.3 cm³/mol. The average molecular weight is 236 g/mol. The highest BCUT2D eigenvalue weighted by molar-refractivity contribution is 7.22. The lowest BCUT2D eigenvalue weighted by atomic mass is 10.1. The van der Waals surface area contributed by atoms with Gasteiger partial charge in [-0.1, -0.05) is 24.3 Å². The topological polar surface area (TPSA) is 48.1 Å². The van der Waals surface area contributed by atoms with Crippen LogP contribution in [0, 0.1) is 13.8 Å². The molecule has 0 saturated heterocycles. The number of benzene rings is 1. The van der Waals surface area contributed by atoms with Gasteiger partial charge < -0.3 is 10.5 Å². The van der Waals surface area contributed by atoms with Crippen molar-refractivity contribution in [1.82, 2.24) is 4.98 Å². The first-order valence-corrected chi connectivity index (χ1v) is 6.24. The largest absolute Gasteiger partial charge is 0.491 e. The average Bonchev–Trinajstić information content (AvgIpc) is 2.60. The highest BCUT2D eigenvalue weighted by Crippen LogP contribution is 2.36. The van der Waals surface area contributed by atoms with Gasteiger partial charge in [0.1, 0.15) is 11.3 Å². The SMILES string of the molecule is CCCOc1c(C)cc(C)c2sc(N)nc12. The van der Waals surface area contributed by atoms with Crippen LogP contribution in [0.15, 0.2) is 6.07 Å². The zero-order valence-electron chi connectivity index (χ0n) is 9.83. The summed E-state index contributed by atoms with van der Waals surface area (Å²) in [5, 5.41) is 0.602. The molecular weight excluding hydrogens is 220 g/mol. The fraction of sp³-hybridized carbons (Fsp3) is 0.417. The van der Waals surface area contributed by atoms with Gasteiger partial charge in [0.25, 0.3) is 0 Å². The van der Waals surface area contributed by atoms with E-state index in [0.29, 0.717) is 5.13 Å². The Labute approximate surface area is 99.3 Å². The molecule has 0 unspecified atom stereocenters. The number of hydrogen-bond acceptors (Lipinski definition) is 4. The first kappa shape index (κ1) is 11.2. The monoisotopic (exact) mass is 236 g/mol. The van der Waals surface area contributed by atoms with Crippen LogP contribution >= 0.6 is 11.3 Å². The van der Waals surface area contributed by atoms with Crippen molar-refractivity contribution in [3.63, 3.8) is 0 Å². The standard InChI is InChI=1S/C12H16N2OS/c1-4-5-15-10-7(2)6-8(3)11-9(10)14-12(13)16-11/h6H,4-5H2,1-3H3,(H2,13,14). The molecule has 0 bridgehead atoms. The molecule has 0 spiro atoms. The van der Waals surface area contributed by atoms with Crippen LogP contribution in [0.2, 0.25) is 0 Å². The number of nitrogen functional groups attached to an aromatic ring is 1. The molecule has 0 aliphatic carbocycles. The van der Waals surface area contributed by atoms with Crippen molar-refractivity contribution in [1.29, 1.82) is 0 Å². The molecule has 1 aromatic heterocycles. The van der Waals surface area contributed by atoms with E-state index < -0.39 is 0 Å². The van der Waals surface area contributed by atoms with Crippen LogP contribution < -0.4 is 10.5 Å². The molecule has 1 aromatic carbocycles. The van der Waals surface area contributed by atoms with Crippen LogP contribution in [0.1, 0.15) is 24.5 Å². The van der Waals surface area contributed by atoms with E-state index >= 15 is 0 Å². The summed E-state index contributed by atoms with van der Waals surface area (Å²) in [7, 11) is 0. The highest BCUT2D eigenvalue weighted by atomic mass is 32.1. The Balaban J connectivity index is 2.61. The van der Waals surface area contributed by atoms with Crippen molar-refractivity contribution in [3.05, 3.63) is 17.2 Å². The number of anilines is 1. The second kappa shape index (κ2) is 4.29. The number of hydrogen-bond donors (Lipinski definition) is 1. The third-order valence-corrected chi connectivity index (χ3v) is 3.48. The van der Waals surface area contributed by atoms with E-state index in [9.17, 15) is 0 Å². The van der Waals surface area contributed by atoms with Gasteiger partial charge in [-0.05, 0) is 31.4 Å². The summed E-state index contributed by atoms with van der Waals surface area (Å²) < 4.78 is 6.89. The van der Waals surface area contributed by atoms with Crippen LogP contribution in [-0.4, -0.2) is 11.6 Å². The van der Waals surface area contributed by atoms with Gasteiger partial charge in [-0.25, -0.2) is 4.98 Å². The molecule has 0 fully saturated rings. The molecule has 0 atom stereocenters. The van der Waals surface area contributed by atoms with E-state index in [2.05, 4.69) is 24.9 Å². The molecule has 0 aliphatic heterocycles. The quantitative estimate of drug-likeness (QED) is 0.889. The third-order valence-electron chi connectivity index (χ3n) is 2.46. The normalized spacial score (nSPS) is 10.9. The van der Waals surface area contributed by atoms with Gasteiger partial charge in [0, 0.05) is 0 Å². The smallest absolute Gasteiger partial charge is 0.181 e. The van der Waals surface area contributed by atoms with Crippen LogP contribution in [0.25, 0.3) is 10.2 Å². The van der Waals surface area contributed by atoms with E-state index in [1.807, 2.05) is 6.92 Å². The number of thiazole rings is 1. The Kier molecular flexibility index (Phi) is 3.01. The molecule has 0 amide bonds. The minimum Gasteiger partial charge on any atom is -0.491 e. The van der Waals surface area contributed by atoms with Crippen LogP contribution in [0.5, 0.6) is 5.75 Å². The van der Waals surface area contributed by atoms with Gasteiger partial charge in [-0.3, -0.25) is 0 Å². The Morgan fingerprint density at radius 1 is 1.38 bits per heavy atom. The fourth-order valence-electron chi connectivity index (χ4n) is 1.79. The molecule has 16 heavy (non-hydrogen) atoms. The summed E-state index contributed by atoms with van der Waals surface area (Å²) in [5.74, 6) is 0.885. The van der Waals surface area contributed by atoms with Crippen molar-refractivity contribution in [2.24, 2.45) is 0 Å². The van der Waals surface area contributed by atoms with Gasteiger partial charge >= 0.3 is 0 Å². The maximum atomic E-state index is 5.76. The first-order chi connectivity index (χ1) is 7.63. The number of ether oxygens (including phenoxy) is 1. The zero-order chi connectivity index (χ0) is 11.7. The van der Waals surface area contributed by atoms with Crippen molar-refractivity contribution in [3.8, 4) is 5.75 Å². The molecule has 2 N–H and O–H groups in total. The van der Waals surface area contributed by atoms with Gasteiger partial charge in [0.2, 0.25) is 0 Å². The Bertz CT molecular complexity index is 519. The zero-order valence-corrected chi connectivity index (χ0v) is 10.6. The minimum atomic E-state index is 0.602. The summed E-state index contributed by atoms with van der Waals surface area (Å²) in [5.41, 5.74) is 9.01. The summed E-state index contributed by atoms with van der Waals surface area (Å²) >= 11 is 1.52. The second-order valence-corrected chi connectivity index (χ2v) is 4.95. The Hall–Kier alpha value is -1.29. The number of aromatic nitrogens is 1. The predicted octanol–water partition coefficient (Wildman–Crippen LogP) is 3.28. The van der Waals surface area contributed by atoms with Gasteiger partial charge in [0.05, 0.1) is 11.3 Å². The number of aryl methyl sites for hydroxylation is 2. The summed E-state index contributed by atoms with van der Waals surface area (Å²) in [6.07, 6.45) is 0.994. The molecular formula is C12H16N2OS. The maximum Gasteiger partial charge on any atom is 0.181 e. The molecule has 0 radical (unpaired) electrons. The summed E-state index contributed by atoms with van der Waals surface area (Å²) in [4.78, 5) is 4.36. The summed E-state index contributed by atoms with van der Waals surface area (Å²) in [6, 6.07) is 2.13. The second-order valence-electron chi connectivity index (χ2n) is 3.92. The number of rotatable bonds is 3. The molecule has 3 nitrogen and oxygen atoms in total. The number of fused-ring (bicyclic) bond motifs is 1. The summed E-state index contributed by atoms with van der Waals surface area (Å²) in [6.45, 7) is 6.94. The van der Waals surface area contributed by atoms with Crippen molar-refractivity contribution in [2.75, 3.05) is 12.3 Å². The fourth-order valence-corrected chi connectivity index (χ4v) is 2.59. The molecule has 0 aliphatic rings. The molecule has 2 aromatic rings. The molecule has 4 heteroatoms. The highest BCUT2D eigenvalue weighted by Gasteiger charge is 2.13. The lowest BCUT2D eigenvalue weighted by Gasteiger charge is -2.09. The van der Waals surface area contributed by atoms with Gasteiger partial charge in [-0.15, -0.1) is 0 Å². The third kappa shape index (κ3) is 1.85. The number of nitrogens with two attached hydrogens (primary N) is 1. The Morgan fingerprint density at radius 3 is 2.81 bits per heavy atom. The van der Waals surface area contributed by atoms with E-state index in [4.69, 9.17) is 10.5 Å². The van der Waals surface area contributed by atoms with Crippen LogP contribution in [0.4, 0.5) is 5.13 Å². The van der Waals surface area contributed by atoms with Crippen molar-refractivity contribution < 1.29 is 4.74 Å². The van der Waals surface area contributed by atoms with Crippen LogP contribution in [-0.2, 0) is 0 Å². The lowest BCUT2D eigenvalue weighted by molar-refractivity contribution is 0.318. The van der Waals surface area contributed by atoms with E-state index in [-0.39, 0.29) is 0 Å². The molecule has 2 rings (SSSR count). The maximum absolute atomic E-state index is 5.76. The van der Waals surface area contributed by atoms with E-state index in [1.54, 1.807) is 0 Å². The van der Waals surface area contributed by atoms with Crippen LogP contribution in [0.3, 0.4) is 0 Å². The molecule has 86 valence electrons. The van der Waals surface area contributed by atoms with E-state index in [0.717, 1.165) is 34.6 Å². The first-order valence-electron chi connectivity index (χ1n) is 5.42. The van der Waals surface area contributed by atoms with Crippen molar-refractivity contribution >= 4 is 26.7 Å². The lowest BCUT2D eigenvalue weighted by Crippen LogP contribution is -1.98. The van der Waals surface area contributed by atoms with Gasteiger partial charge in [-0.2, -0.15) is 0 Å².